The fourth-order valence-corrected chi connectivity index (χ4v) is 2.05. The van der Waals surface area contributed by atoms with Gasteiger partial charge in [-0.1, -0.05) is 12.1 Å². The third kappa shape index (κ3) is 1.75. The smallest absolute Gasteiger partial charge is 0.303 e. The van der Waals surface area contributed by atoms with E-state index in [1.807, 2.05) is 0 Å². The molecule has 2 aromatic rings. The molecule has 7 nitrogen and oxygen atoms in total. The third-order valence-corrected chi connectivity index (χ3v) is 2.87. The maximum Gasteiger partial charge on any atom is 0.303 e. The highest BCUT2D eigenvalue weighted by Crippen LogP contribution is 2.33. The van der Waals surface area contributed by atoms with Crippen molar-refractivity contribution < 1.29 is 9.66 Å². The van der Waals surface area contributed by atoms with Gasteiger partial charge >= 0.3 is 5.69 Å². The second kappa shape index (κ2) is 4.20. The molecule has 0 amide bonds. The Morgan fingerprint density at radius 2 is 2.16 bits per heavy atom. The largest absolute Gasteiger partial charge is 0.474 e. The summed E-state index contributed by atoms with van der Waals surface area (Å²) in [6, 6.07) is 6.79. The number of benzene rings is 1. The second-order valence-electron chi connectivity index (χ2n) is 4.03. The normalized spacial score (nSPS) is 14.2. The summed E-state index contributed by atoms with van der Waals surface area (Å²) in [6.45, 7) is 0.953. The molecule has 0 spiro atoms. The minimum absolute atomic E-state index is 0.00986. The van der Waals surface area contributed by atoms with Crippen LogP contribution in [-0.4, -0.2) is 29.0 Å². The average molecular weight is 258 g/mol. The van der Waals surface area contributed by atoms with E-state index in [-0.39, 0.29) is 23.0 Å². The van der Waals surface area contributed by atoms with Crippen molar-refractivity contribution in [3.63, 3.8) is 0 Å². The van der Waals surface area contributed by atoms with Crippen molar-refractivity contribution in [1.29, 1.82) is 0 Å². The minimum Gasteiger partial charge on any atom is -0.474 e. The first-order chi connectivity index (χ1) is 9.18. The highest BCUT2D eigenvalue weighted by molar-refractivity contribution is 6.05. The summed E-state index contributed by atoms with van der Waals surface area (Å²) in [5.74, 6) is 0.270. The van der Waals surface area contributed by atoms with Crippen molar-refractivity contribution >= 4 is 28.2 Å². The number of fused-ring (bicyclic) bond motifs is 1. The number of hydrogen-bond donors (Lipinski definition) is 1. The molecule has 96 valence electrons. The molecule has 2 heterocycles. The molecule has 1 aromatic carbocycles. The lowest BCUT2D eigenvalue weighted by Gasteiger charge is -2.08. The van der Waals surface area contributed by atoms with Gasteiger partial charge in [-0.2, -0.15) is 0 Å². The summed E-state index contributed by atoms with van der Waals surface area (Å²) in [5, 5.41) is 11.6. The maximum atomic E-state index is 11.2. The topological polar surface area (TPSA) is 104 Å². The predicted octanol–water partition coefficient (Wildman–Crippen LogP) is 1.50. The number of rotatable bonds is 2. The number of aliphatic imine (C=N–C) groups is 1. The molecule has 0 fully saturated rings. The first kappa shape index (κ1) is 11.4. The fraction of sp³-hybridized carbons (Fsp3) is 0.167. The van der Waals surface area contributed by atoms with E-state index in [0.717, 1.165) is 0 Å². The number of ether oxygens (including phenoxy) is 1. The molecule has 0 bridgehead atoms. The molecular formula is C12H10N4O3. The summed E-state index contributed by atoms with van der Waals surface area (Å²) < 4.78 is 5.29. The number of nitrogens with two attached hydrogens (primary N) is 1. The summed E-state index contributed by atoms with van der Waals surface area (Å²) in [7, 11) is 0. The maximum absolute atomic E-state index is 11.2. The van der Waals surface area contributed by atoms with E-state index < -0.39 is 4.92 Å². The molecular weight excluding hydrogens is 248 g/mol. The zero-order chi connectivity index (χ0) is 13.4. The number of nitrogen functional groups attached to an aromatic ring is 1. The zero-order valence-corrected chi connectivity index (χ0v) is 9.87. The summed E-state index contributed by atoms with van der Waals surface area (Å²) >= 11 is 0. The monoisotopic (exact) mass is 258 g/mol. The van der Waals surface area contributed by atoms with E-state index in [1.54, 1.807) is 24.3 Å². The number of aromatic nitrogens is 1. The van der Waals surface area contributed by atoms with Crippen molar-refractivity contribution in [3.8, 4) is 0 Å². The van der Waals surface area contributed by atoms with E-state index in [9.17, 15) is 10.1 Å². The summed E-state index contributed by atoms with van der Waals surface area (Å²) in [5.41, 5.74) is 6.44. The van der Waals surface area contributed by atoms with Gasteiger partial charge in [-0.05, 0) is 12.1 Å². The van der Waals surface area contributed by atoms with Crippen LogP contribution in [0.3, 0.4) is 0 Å². The molecule has 0 aliphatic carbocycles. The Hall–Kier alpha value is -2.70. The summed E-state index contributed by atoms with van der Waals surface area (Å²) in [6.07, 6.45) is 0. The molecule has 3 rings (SSSR count). The molecule has 19 heavy (non-hydrogen) atoms. The molecule has 0 saturated carbocycles. The van der Waals surface area contributed by atoms with Crippen LogP contribution in [0, 0.1) is 10.1 Å². The lowest BCUT2D eigenvalue weighted by Crippen LogP contribution is -2.11. The van der Waals surface area contributed by atoms with Crippen LogP contribution in [0.1, 0.15) is 5.69 Å². The van der Waals surface area contributed by atoms with Crippen LogP contribution < -0.4 is 5.73 Å². The molecule has 1 aromatic heterocycles. The lowest BCUT2D eigenvalue weighted by atomic mass is 10.1. The van der Waals surface area contributed by atoms with E-state index in [2.05, 4.69) is 9.98 Å². The lowest BCUT2D eigenvalue weighted by molar-refractivity contribution is -0.382. The molecule has 0 radical (unpaired) electrons. The predicted molar refractivity (Wildman–Crippen MR) is 70.2 cm³/mol. The summed E-state index contributed by atoms with van der Waals surface area (Å²) in [4.78, 5) is 19.1. The van der Waals surface area contributed by atoms with Crippen molar-refractivity contribution in [1.82, 2.24) is 4.98 Å². The molecule has 0 unspecified atom stereocenters. The van der Waals surface area contributed by atoms with Crippen molar-refractivity contribution in [3.05, 3.63) is 40.1 Å². The molecule has 0 saturated heterocycles. The average Bonchev–Trinajstić information content (AvgIpc) is 2.91. The van der Waals surface area contributed by atoms with Gasteiger partial charge in [-0.3, -0.25) is 10.1 Å². The number of nitro groups is 1. The van der Waals surface area contributed by atoms with Gasteiger partial charge in [0.15, 0.2) is 5.69 Å². The number of hydrogen-bond acceptors (Lipinski definition) is 6. The van der Waals surface area contributed by atoms with Crippen molar-refractivity contribution in [2.75, 3.05) is 18.9 Å². The van der Waals surface area contributed by atoms with Gasteiger partial charge < -0.3 is 10.5 Å². The highest BCUT2D eigenvalue weighted by Gasteiger charge is 2.26. The van der Waals surface area contributed by atoms with Crippen LogP contribution in [0.5, 0.6) is 0 Å². The Balaban J connectivity index is 2.35. The molecule has 1 aliphatic rings. The first-order valence-corrected chi connectivity index (χ1v) is 5.68. The van der Waals surface area contributed by atoms with Crippen molar-refractivity contribution in [2.45, 2.75) is 0 Å². The number of pyridine rings is 1. The molecule has 7 heteroatoms. The van der Waals surface area contributed by atoms with Gasteiger partial charge in [0.05, 0.1) is 22.4 Å². The Morgan fingerprint density at radius 1 is 1.37 bits per heavy atom. The van der Waals surface area contributed by atoms with Gasteiger partial charge in [0.2, 0.25) is 5.90 Å². The molecule has 2 N–H and O–H groups in total. The molecule has 0 atom stereocenters. The molecule has 1 aliphatic heterocycles. The number of nitrogens with zero attached hydrogens (tertiary/aromatic N) is 3. The van der Waals surface area contributed by atoms with E-state index >= 15 is 0 Å². The second-order valence-corrected chi connectivity index (χ2v) is 4.03. The number of para-hydroxylation sites is 1. The third-order valence-electron chi connectivity index (χ3n) is 2.87. The van der Waals surface area contributed by atoms with Crippen LogP contribution in [0.15, 0.2) is 29.3 Å². The van der Waals surface area contributed by atoms with Gasteiger partial charge in [0.25, 0.3) is 0 Å². The SMILES string of the molecule is Nc1c(C2=NCCO2)nc2ccccc2c1[N+](=O)[O-]. The van der Waals surface area contributed by atoms with E-state index in [0.29, 0.717) is 24.1 Å². The fourth-order valence-electron chi connectivity index (χ4n) is 2.05. The minimum atomic E-state index is -0.502. The van der Waals surface area contributed by atoms with Gasteiger partial charge in [0.1, 0.15) is 12.3 Å². The standard InChI is InChI=1S/C12H10N4O3/c13-9-10(12-14-5-6-19-12)15-8-4-2-1-3-7(8)11(9)16(17)18/h1-4H,5-6,13H2. The van der Waals surface area contributed by atoms with Gasteiger partial charge in [-0.25, -0.2) is 9.98 Å². The van der Waals surface area contributed by atoms with Gasteiger partial charge in [-0.15, -0.1) is 0 Å². The quantitative estimate of drug-likeness (QED) is 0.649. The van der Waals surface area contributed by atoms with Crippen LogP contribution in [0.4, 0.5) is 11.4 Å². The highest BCUT2D eigenvalue weighted by atomic mass is 16.6. The Bertz CT molecular complexity index is 711. The zero-order valence-electron chi connectivity index (χ0n) is 9.87. The van der Waals surface area contributed by atoms with E-state index in [1.165, 1.54) is 0 Å². The Labute approximate surface area is 107 Å². The van der Waals surface area contributed by atoms with Crippen LogP contribution in [0.2, 0.25) is 0 Å². The Kier molecular flexibility index (Phi) is 2.52. The first-order valence-electron chi connectivity index (χ1n) is 5.68. The number of anilines is 1. The van der Waals surface area contributed by atoms with Gasteiger partial charge in [0, 0.05) is 0 Å². The van der Waals surface area contributed by atoms with Crippen molar-refractivity contribution in [2.24, 2.45) is 4.99 Å². The Morgan fingerprint density at radius 3 is 2.84 bits per heavy atom. The van der Waals surface area contributed by atoms with E-state index in [4.69, 9.17) is 10.5 Å². The van der Waals surface area contributed by atoms with Crippen LogP contribution >= 0.6 is 0 Å². The van der Waals surface area contributed by atoms with Crippen LogP contribution in [-0.2, 0) is 4.74 Å². The van der Waals surface area contributed by atoms with Crippen LogP contribution in [0.25, 0.3) is 10.9 Å².